The normalized spacial score (nSPS) is 11.5. The van der Waals surface area contributed by atoms with Crippen LogP contribution in [-0.4, -0.2) is 16.1 Å². The van der Waals surface area contributed by atoms with E-state index in [2.05, 4.69) is 195 Å². The molecule has 0 saturated carbocycles. The summed E-state index contributed by atoms with van der Waals surface area (Å²) in [5.74, 6) is 0. The zero-order chi connectivity index (χ0) is 40.9. The van der Waals surface area contributed by atoms with Crippen molar-refractivity contribution in [1.82, 2.24) is 0 Å². The molecular formula is C52H48N4Si2. The van der Waals surface area contributed by atoms with Gasteiger partial charge in [0.25, 0.3) is 0 Å². The van der Waals surface area contributed by atoms with Gasteiger partial charge in [0.1, 0.15) is 0 Å². The van der Waals surface area contributed by atoms with Crippen LogP contribution in [-0.2, 0) is 0 Å². The molecule has 58 heavy (non-hydrogen) atoms. The van der Waals surface area contributed by atoms with E-state index in [4.69, 9.17) is 0 Å². The van der Waals surface area contributed by atoms with Crippen LogP contribution in [0.2, 0.25) is 39.3 Å². The number of nitrogens with zero attached hydrogens (tertiary/aromatic N) is 4. The summed E-state index contributed by atoms with van der Waals surface area (Å²) in [5, 5.41) is 21.6. The first-order valence-corrected chi connectivity index (χ1v) is 26.7. The van der Waals surface area contributed by atoms with Crippen molar-refractivity contribution in [1.29, 1.82) is 10.5 Å². The molecule has 0 fully saturated rings. The van der Waals surface area contributed by atoms with E-state index in [0.717, 1.165) is 56.4 Å². The molecule has 0 saturated heterocycles. The first-order valence-electron chi connectivity index (χ1n) is 19.7. The van der Waals surface area contributed by atoms with E-state index in [9.17, 15) is 10.5 Å². The molecule has 284 valence electrons. The Labute approximate surface area is 346 Å². The first kappa shape index (κ1) is 39.5. The Bertz CT molecular complexity index is 2580. The Morgan fingerprint density at radius 2 is 0.586 bits per heavy atom. The maximum atomic E-state index is 9.40. The fourth-order valence-corrected chi connectivity index (χ4v) is 9.34. The number of benzene rings is 7. The molecule has 0 radical (unpaired) electrons. The second kappa shape index (κ2) is 16.8. The fourth-order valence-electron chi connectivity index (χ4n) is 7.00. The molecule has 7 aromatic carbocycles. The van der Waals surface area contributed by atoms with Crippen molar-refractivity contribution in [2.45, 2.75) is 39.3 Å². The smallest absolute Gasteiger partial charge is 0.0991 e. The molecule has 0 bridgehead atoms. The summed E-state index contributed by atoms with van der Waals surface area (Å²) in [4.78, 5) is 4.49. The molecule has 7 rings (SSSR count). The molecule has 6 heteroatoms. The van der Waals surface area contributed by atoms with Gasteiger partial charge in [0.15, 0.2) is 0 Å². The lowest BCUT2D eigenvalue weighted by molar-refractivity contribution is 1.28. The summed E-state index contributed by atoms with van der Waals surface area (Å²) < 4.78 is 0. The summed E-state index contributed by atoms with van der Waals surface area (Å²) >= 11 is 0. The van der Waals surface area contributed by atoms with E-state index >= 15 is 0 Å². The third-order valence-electron chi connectivity index (χ3n) is 10.5. The summed E-state index contributed by atoms with van der Waals surface area (Å²) in [6.07, 6.45) is 4.30. The molecule has 7 aromatic rings. The van der Waals surface area contributed by atoms with Crippen LogP contribution in [0.4, 0.5) is 34.1 Å². The monoisotopic (exact) mass is 784 g/mol. The number of anilines is 6. The Balaban J connectivity index is 1.08. The number of hydrogen-bond acceptors (Lipinski definition) is 4. The van der Waals surface area contributed by atoms with Gasteiger partial charge in [-0.05, 0) is 119 Å². The van der Waals surface area contributed by atoms with Crippen LogP contribution in [0.5, 0.6) is 0 Å². The van der Waals surface area contributed by atoms with Crippen molar-refractivity contribution in [3.8, 4) is 23.3 Å². The van der Waals surface area contributed by atoms with Crippen LogP contribution in [0.1, 0.15) is 22.3 Å². The number of hydrogen-bond donors (Lipinski definition) is 0. The van der Waals surface area contributed by atoms with Crippen LogP contribution < -0.4 is 20.2 Å². The van der Waals surface area contributed by atoms with Gasteiger partial charge in [-0.1, -0.05) is 135 Å². The van der Waals surface area contributed by atoms with E-state index in [1.807, 2.05) is 48.5 Å². The molecule has 0 heterocycles. The molecule has 0 unspecified atom stereocenters. The minimum absolute atomic E-state index is 0.645. The summed E-state index contributed by atoms with van der Waals surface area (Å²) in [7, 11) is -2.87. The predicted molar refractivity (Wildman–Crippen MR) is 252 cm³/mol. The summed E-state index contributed by atoms with van der Waals surface area (Å²) in [6, 6.07) is 63.9. The highest BCUT2D eigenvalue weighted by Crippen LogP contribution is 2.37. The van der Waals surface area contributed by atoms with Gasteiger partial charge in [-0.3, -0.25) is 0 Å². The zero-order valence-electron chi connectivity index (χ0n) is 34.1. The Kier molecular flexibility index (Phi) is 11.4. The first-order chi connectivity index (χ1) is 27.9. The summed E-state index contributed by atoms with van der Waals surface area (Å²) in [6.45, 7) is 14.2. The van der Waals surface area contributed by atoms with Crippen molar-refractivity contribution in [2.75, 3.05) is 9.80 Å². The van der Waals surface area contributed by atoms with Crippen molar-refractivity contribution in [3.63, 3.8) is 0 Å². The van der Waals surface area contributed by atoms with Gasteiger partial charge in [-0.15, -0.1) is 0 Å². The Morgan fingerprint density at radius 1 is 0.345 bits per heavy atom. The lowest BCUT2D eigenvalue weighted by Gasteiger charge is -2.27. The molecule has 0 atom stereocenters. The van der Waals surface area contributed by atoms with Gasteiger partial charge in [-0.25, -0.2) is 0 Å². The Morgan fingerprint density at radius 3 is 0.879 bits per heavy atom. The largest absolute Gasteiger partial charge is 0.311 e. The molecule has 0 aromatic heterocycles. The molecule has 0 aliphatic heterocycles. The second-order valence-electron chi connectivity index (χ2n) is 16.7. The highest BCUT2D eigenvalue weighted by molar-refractivity contribution is 6.89. The fraction of sp³-hybridized carbons (Fsp3) is 0.115. The third-order valence-corrected chi connectivity index (χ3v) is 14.6. The van der Waals surface area contributed by atoms with Crippen molar-refractivity contribution >= 4 is 72.8 Å². The lowest BCUT2D eigenvalue weighted by Crippen LogP contribution is -2.37. The molecule has 4 nitrogen and oxygen atoms in total. The molecular weight excluding hydrogens is 737 g/mol. The SMILES string of the molecule is C[Si](C)(C)c1ccc(N(c2ccc(C#N)cc2)c2ccc(/C=C/c3ccc(-c4ccc(N(c5ccc(C#N)cc5)c5ccc([Si](C)(C)C)cc5)cc4)cc3)cc2)cc1. The second-order valence-corrected chi connectivity index (χ2v) is 26.8. The standard InChI is InChI=1S/C52H48N4Si2/c1-57(2,3)51-33-29-49(30-34-51)55(46-23-13-41(37-53)14-24-46)45-21-11-40(12-22-45)8-7-39-9-17-43(18-10-39)44-19-27-48(28-20-44)56(47-25-15-42(38-54)16-26-47)50-31-35-52(36-32-50)58(4,5)6/h7-36H,1-6H3/b8-7+. The van der Waals surface area contributed by atoms with Crippen LogP contribution in [0.25, 0.3) is 23.3 Å². The maximum Gasteiger partial charge on any atom is 0.0991 e. The predicted octanol–water partition coefficient (Wildman–Crippen LogP) is 13.3. The average Bonchev–Trinajstić information content (AvgIpc) is 3.24. The van der Waals surface area contributed by atoms with E-state index in [-0.39, 0.29) is 0 Å². The van der Waals surface area contributed by atoms with Gasteiger partial charge in [0.05, 0.1) is 39.4 Å². The molecule has 0 aliphatic carbocycles. The number of nitriles is 2. The topological polar surface area (TPSA) is 54.1 Å². The van der Waals surface area contributed by atoms with E-state index < -0.39 is 16.1 Å². The Hall–Kier alpha value is -6.71. The van der Waals surface area contributed by atoms with Gasteiger partial charge < -0.3 is 9.80 Å². The quantitative estimate of drug-likeness (QED) is 0.0968. The molecule has 0 spiro atoms. The third kappa shape index (κ3) is 9.12. The van der Waals surface area contributed by atoms with Gasteiger partial charge in [0, 0.05) is 34.1 Å². The van der Waals surface area contributed by atoms with Gasteiger partial charge in [-0.2, -0.15) is 10.5 Å². The highest BCUT2D eigenvalue weighted by atomic mass is 28.3. The van der Waals surface area contributed by atoms with E-state index in [1.165, 1.54) is 10.4 Å². The minimum atomic E-state index is -1.44. The zero-order valence-corrected chi connectivity index (χ0v) is 36.1. The lowest BCUT2D eigenvalue weighted by atomic mass is 10.0. The summed E-state index contributed by atoms with van der Waals surface area (Å²) in [5.41, 5.74) is 12.1. The number of rotatable bonds is 11. The van der Waals surface area contributed by atoms with E-state index in [1.54, 1.807) is 0 Å². The molecule has 0 aliphatic rings. The molecule has 0 N–H and O–H groups in total. The average molecular weight is 785 g/mol. The van der Waals surface area contributed by atoms with Crippen LogP contribution in [0.15, 0.2) is 170 Å². The van der Waals surface area contributed by atoms with Gasteiger partial charge >= 0.3 is 0 Å². The van der Waals surface area contributed by atoms with Crippen molar-refractivity contribution < 1.29 is 0 Å². The minimum Gasteiger partial charge on any atom is -0.311 e. The van der Waals surface area contributed by atoms with Crippen molar-refractivity contribution in [2.24, 2.45) is 0 Å². The highest BCUT2D eigenvalue weighted by Gasteiger charge is 2.20. The van der Waals surface area contributed by atoms with Crippen LogP contribution >= 0.6 is 0 Å². The van der Waals surface area contributed by atoms with Crippen LogP contribution in [0, 0.1) is 22.7 Å². The maximum absolute atomic E-state index is 9.40. The molecule has 0 amide bonds. The van der Waals surface area contributed by atoms with Crippen molar-refractivity contribution in [3.05, 3.63) is 192 Å². The van der Waals surface area contributed by atoms with Crippen LogP contribution in [0.3, 0.4) is 0 Å². The van der Waals surface area contributed by atoms with E-state index in [0.29, 0.717) is 11.1 Å². The van der Waals surface area contributed by atoms with Gasteiger partial charge in [0.2, 0.25) is 0 Å².